The monoisotopic (exact) mass is 247 g/mol. The molecule has 0 bridgehead atoms. The molecule has 1 fully saturated rings. The molecule has 0 radical (unpaired) electrons. The van der Waals surface area contributed by atoms with Crippen LogP contribution in [0, 0.1) is 5.92 Å². The molecule has 2 heteroatoms. The highest BCUT2D eigenvalue weighted by Crippen LogP contribution is 2.28. The van der Waals surface area contributed by atoms with Crippen molar-refractivity contribution in [1.82, 2.24) is 5.32 Å². The van der Waals surface area contributed by atoms with Gasteiger partial charge in [-0.3, -0.25) is 0 Å². The van der Waals surface area contributed by atoms with Crippen LogP contribution in [-0.2, 0) is 0 Å². The number of phenols is 1. The summed E-state index contributed by atoms with van der Waals surface area (Å²) < 4.78 is 0. The van der Waals surface area contributed by atoms with E-state index in [0.717, 1.165) is 11.5 Å². The Bertz CT molecular complexity index is 371. The largest absolute Gasteiger partial charge is 0.508 e. The summed E-state index contributed by atoms with van der Waals surface area (Å²) in [5, 5.41) is 13.2. The average Bonchev–Trinajstić information content (AvgIpc) is 2.39. The van der Waals surface area contributed by atoms with Crippen LogP contribution in [0.15, 0.2) is 24.3 Å². The van der Waals surface area contributed by atoms with Crippen LogP contribution >= 0.6 is 0 Å². The normalized spacial score (nSPS) is 20.6. The molecule has 0 saturated heterocycles. The van der Waals surface area contributed by atoms with Gasteiger partial charge in [-0.1, -0.05) is 31.4 Å². The molecule has 1 aromatic carbocycles. The molecule has 1 saturated carbocycles. The van der Waals surface area contributed by atoms with Crippen LogP contribution in [0.1, 0.15) is 57.6 Å². The zero-order chi connectivity index (χ0) is 13.0. The molecule has 0 aromatic heterocycles. The predicted octanol–water partition coefficient (Wildman–Crippen LogP) is 4.01. The molecular weight excluding hydrogens is 222 g/mol. The van der Waals surface area contributed by atoms with Crippen molar-refractivity contribution in [3.8, 4) is 5.75 Å². The zero-order valence-corrected chi connectivity index (χ0v) is 11.5. The first-order valence-corrected chi connectivity index (χ1v) is 7.22. The van der Waals surface area contributed by atoms with Crippen molar-refractivity contribution in [2.45, 2.75) is 58.0 Å². The van der Waals surface area contributed by atoms with E-state index in [9.17, 15) is 5.11 Å². The summed E-state index contributed by atoms with van der Waals surface area (Å²) in [6.07, 6.45) is 6.90. The van der Waals surface area contributed by atoms with Crippen LogP contribution in [0.5, 0.6) is 5.75 Å². The van der Waals surface area contributed by atoms with Gasteiger partial charge >= 0.3 is 0 Å². The summed E-state index contributed by atoms with van der Waals surface area (Å²) in [6, 6.07) is 8.42. The van der Waals surface area contributed by atoms with E-state index in [1.54, 1.807) is 6.07 Å². The minimum atomic E-state index is 0.300. The van der Waals surface area contributed by atoms with E-state index in [2.05, 4.69) is 25.2 Å². The highest BCUT2D eigenvalue weighted by atomic mass is 16.3. The number of aromatic hydroxyl groups is 1. The van der Waals surface area contributed by atoms with E-state index in [1.165, 1.54) is 32.1 Å². The quantitative estimate of drug-likeness (QED) is 0.842. The van der Waals surface area contributed by atoms with Crippen molar-refractivity contribution in [2.24, 2.45) is 5.92 Å². The zero-order valence-electron chi connectivity index (χ0n) is 11.5. The number of hydrogen-bond donors (Lipinski definition) is 2. The molecule has 1 aliphatic carbocycles. The van der Waals surface area contributed by atoms with Crippen LogP contribution in [0.25, 0.3) is 0 Å². The molecule has 2 rings (SSSR count). The van der Waals surface area contributed by atoms with Crippen molar-refractivity contribution in [1.29, 1.82) is 0 Å². The number of phenolic OH excluding ortho intramolecular Hbond substituents is 1. The number of rotatable bonds is 4. The molecule has 18 heavy (non-hydrogen) atoms. The topological polar surface area (TPSA) is 32.3 Å². The number of hydrogen-bond acceptors (Lipinski definition) is 2. The first kappa shape index (κ1) is 13.4. The van der Waals surface area contributed by atoms with Crippen LogP contribution in [0.4, 0.5) is 0 Å². The second kappa shape index (κ2) is 6.24. The molecule has 1 aliphatic rings. The van der Waals surface area contributed by atoms with Gasteiger partial charge in [0.1, 0.15) is 5.75 Å². The van der Waals surface area contributed by atoms with Crippen LogP contribution in [-0.4, -0.2) is 11.1 Å². The van der Waals surface area contributed by atoms with Crippen molar-refractivity contribution >= 4 is 0 Å². The standard InChI is InChI=1S/C16H25NO/c1-12(14-7-4-3-5-8-14)17-13(2)15-9-6-10-16(18)11-15/h6,9-14,17-18H,3-5,7-8H2,1-2H3. The lowest BCUT2D eigenvalue weighted by Crippen LogP contribution is -2.36. The highest BCUT2D eigenvalue weighted by Gasteiger charge is 2.21. The summed E-state index contributed by atoms with van der Waals surface area (Å²) in [7, 11) is 0. The van der Waals surface area contributed by atoms with E-state index >= 15 is 0 Å². The third-order valence-corrected chi connectivity index (χ3v) is 4.24. The molecule has 2 atom stereocenters. The summed E-state index contributed by atoms with van der Waals surface area (Å²) in [5.74, 6) is 1.17. The van der Waals surface area contributed by atoms with Gasteiger partial charge in [0.2, 0.25) is 0 Å². The molecule has 0 heterocycles. The van der Waals surface area contributed by atoms with Crippen molar-refractivity contribution in [3.05, 3.63) is 29.8 Å². The van der Waals surface area contributed by atoms with Gasteiger partial charge in [-0.2, -0.15) is 0 Å². The first-order chi connectivity index (χ1) is 8.66. The molecular formula is C16H25NO. The van der Waals surface area contributed by atoms with Crippen LogP contribution in [0.2, 0.25) is 0 Å². The Morgan fingerprint density at radius 1 is 1.17 bits per heavy atom. The van der Waals surface area contributed by atoms with E-state index < -0.39 is 0 Å². The lowest BCUT2D eigenvalue weighted by molar-refractivity contribution is 0.268. The minimum absolute atomic E-state index is 0.300. The molecule has 2 unspecified atom stereocenters. The maximum absolute atomic E-state index is 9.52. The molecule has 2 N–H and O–H groups in total. The van der Waals surface area contributed by atoms with Crippen molar-refractivity contribution in [3.63, 3.8) is 0 Å². The third kappa shape index (κ3) is 3.49. The SMILES string of the molecule is CC(NC(C)C1CCCCC1)c1cccc(O)c1. The molecule has 0 amide bonds. The summed E-state index contributed by atoms with van der Waals surface area (Å²) >= 11 is 0. The van der Waals surface area contributed by atoms with E-state index in [1.807, 2.05) is 12.1 Å². The third-order valence-electron chi connectivity index (χ3n) is 4.24. The smallest absolute Gasteiger partial charge is 0.115 e. The van der Waals surface area contributed by atoms with Crippen LogP contribution < -0.4 is 5.32 Å². The Labute approximate surface area is 110 Å². The van der Waals surface area contributed by atoms with Gasteiger partial charge in [-0.15, -0.1) is 0 Å². The Morgan fingerprint density at radius 3 is 2.56 bits per heavy atom. The van der Waals surface area contributed by atoms with Gasteiger partial charge < -0.3 is 10.4 Å². The Balaban J connectivity index is 1.91. The highest BCUT2D eigenvalue weighted by molar-refractivity contribution is 5.29. The average molecular weight is 247 g/mol. The second-order valence-corrected chi connectivity index (χ2v) is 5.67. The molecule has 1 aromatic rings. The van der Waals surface area contributed by atoms with Gasteiger partial charge in [0, 0.05) is 12.1 Å². The van der Waals surface area contributed by atoms with Crippen LogP contribution in [0.3, 0.4) is 0 Å². The minimum Gasteiger partial charge on any atom is -0.508 e. The Morgan fingerprint density at radius 2 is 1.89 bits per heavy atom. The van der Waals surface area contributed by atoms with E-state index in [4.69, 9.17) is 0 Å². The lowest BCUT2D eigenvalue weighted by atomic mass is 9.84. The summed E-state index contributed by atoms with van der Waals surface area (Å²) in [6.45, 7) is 4.48. The molecule has 0 spiro atoms. The van der Waals surface area contributed by atoms with Crippen molar-refractivity contribution < 1.29 is 5.11 Å². The molecule has 2 nitrogen and oxygen atoms in total. The Kier molecular flexibility index (Phi) is 4.65. The Hall–Kier alpha value is -1.02. The lowest BCUT2D eigenvalue weighted by Gasteiger charge is -2.30. The summed E-state index contributed by atoms with van der Waals surface area (Å²) in [5.41, 5.74) is 1.16. The number of nitrogens with one attached hydrogen (secondary N) is 1. The van der Waals surface area contributed by atoms with E-state index in [0.29, 0.717) is 17.8 Å². The summed E-state index contributed by atoms with van der Waals surface area (Å²) in [4.78, 5) is 0. The van der Waals surface area contributed by atoms with Gasteiger partial charge in [0.15, 0.2) is 0 Å². The first-order valence-electron chi connectivity index (χ1n) is 7.22. The predicted molar refractivity (Wildman–Crippen MR) is 75.7 cm³/mol. The fourth-order valence-corrected chi connectivity index (χ4v) is 3.05. The van der Waals surface area contributed by atoms with E-state index in [-0.39, 0.29) is 0 Å². The molecule has 0 aliphatic heterocycles. The van der Waals surface area contributed by atoms with Gasteiger partial charge in [0.05, 0.1) is 0 Å². The number of benzene rings is 1. The van der Waals surface area contributed by atoms with Gasteiger partial charge in [-0.05, 0) is 50.3 Å². The van der Waals surface area contributed by atoms with Crippen molar-refractivity contribution in [2.75, 3.05) is 0 Å². The van der Waals surface area contributed by atoms with Gasteiger partial charge in [-0.25, -0.2) is 0 Å². The maximum Gasteiger partial charge on any atom is 0.115 e. The maximum atomic E-state index is 9.52. The van der Waals surface area contributed by atoms with Gasteiger partial charge in [0.25, 0.3) is 0 Å². The fourth-order valence-electron chi connectivity index (χ4n) is 3.05. The second-order valence-electron chi connectivity index (χ2n) is 5.67. The fraction of sp³-hybridized carbons (Fsp3) is 0.625. The molecule has 100 valence electrons.